The van der Waals surface area contributed by atoms with Crippen molar-refractivity contribution in [2.24, 2.45) is 5.41 Å². The summed E-state index contributed by atoms with van der Waals surface area (Å²) in [4.78, 5) is 88.2. The molecule has 6 aromatic rings. The second-order valence-electron chi connectivity index (χ2n) is 28.9. The van der Waals surface area contributed by atoms with E-state index in [1.165, 1.54) is 28.4 Å². The Bertz CT molecular complexity index is 3840. The summed E-state index contributed by atoms with van der Waals surface area (Å²) in [5.41, 5.74) is 6.85. The van der Waals surface area contributed by atoms with Crippen LogP contribution in [0.25, 0.3) is 33.4 Å². The number of aromatic nitrogens is 3. The predicted octanol–water partition coefficient (Wildman–Crippen LogP) is 12.0. The molecule has 0 aliphatic carbocycles. The van der Waals surface area contributed by atoms with Crippen molar-refractivity contribution in [3.63, 3.8) is 0 Å². The van der Waals surface area contributed by atoms with Gasteiger partial charge in [0.1, 0.15) is 57.0 Å². The molecule has 1 aliphatic heterocycles. The minimum Gasteiger partial charge on any atom is -0.496 e. The fraction of sp³-hybridized carbons (Fsp3) is 0.500. The molecular weight excluding hydrogens is 1280 g/mol. The van der Waals surface area contributed by atoms with Crippen LogP contribution in [0.2, 0.25) is 0 Å². The lowest BCUT2D eigenvalue weighted by atomic mass is 9.95. The first-order valence-electron chi connectivity index (χ1n) is 33.3. The number of hydrogen-bond donors (Lipinski definition) is 1. The third-order valence-corrected chi connectivity index (χ3v) is 15.1. The van der Waals surface area contributed by atoms with Crippen LogP contribution in [-0.2, 0) is 82.1 Å². The number of carbonyl (C=O) groups is 5. The van der Waals surface area contributed by atoms with Crippen LogP contribution in [0.4, 0.5) is 4.79 Å². The molecule has 0 saturated heterocycles. The number of hydrogen-bond acceptors (Lipinski definition) is 23. The van der Waals surface area contributed by atoms with Crippen LogP contribution in [0.15, 0.2) is 72.8 Å². The second-order valence-corrected chi connectivity index (χ2v) is 28.9. The number of amides is 1. The number of methoxy groups -OCH3 is 6. The molecule has 1 aliphatic rings. The highest BCUT2D eigenvalue weighted by Crippen LogP contribution is 2.44. The summed E-state index contributed by atoms with van der Waals surface area (Å²) in [7, 11) is 8.82. The average Bonchev–Trinajstić information content (AvgIpc) is 0.798. The van der Waals surface area contributed by atoms with E-state index in [9.17, 15) is 24.0 Å². The van der Waals surface area contributed by atoms with E-state index in [0.717, 1.165) is 33.4 Å². The number of benzene rings is 3. The molecule has 7 rings (SSSR count). The van der Waals surface area contributed by atoms with Gasteiger partial charge in [-0.1, -0.05) is 20.8 Å². The summed E-state index contributed by atoms with van der Waals surface area (Å²) in [6.45, 7) is 27.9. The van der Waals surface area contributed by atoms with E-state index in [2.05, 4.69) is 31.0 Å². The molecule has 0 atom stereocenters. The lowest BCUT2D eigenvalue weighted by Gasteiger charge is -2.31. The van der Waals surface area contributed by atoms with E-state index in [4.69, 9.17) is 71.8 Å². The quantitative estimate of drug-likeness (QED) is 0.0355. The first-order chi connectivity index (χ1) is 47.0. The smallest absolute Gasteiger partial charge is 0.407 e. The van der Waals surface area contributed by atoms with Crippen LogP contribution >= 0.6 is 0 Å². The Morgan fingerprint density at radius 3 is 1.06 bits per heavy atom. The number of nitrogens with one attached hydrogen (secondary N) is 1. The minimum absolute atomic E-state index is 0.0863. The van der Waals surface area contributed by atoms with Gasteiger partial charge in [0, 0.05) is 87.8 Å². The maximum atomic E-state index is 14.4. The Labute approximate surface area is 588 Å². The van der Waals surface area contributed by atoms with Crippen LogP contribution < -0.4 is 38.5 Å². The molecule has 24 heteroatoms. The topological polar surface area (TPSA) is 257 Å². The summed E-state index contributed by atoms with van der Waals surface area (Å²) in [6, 6.07) is 22.6. The number of aryl methyl sites for hydroxylation is 2. The average molecular weight is 1380 g/mol. The molecule has 1 N–H and O–H groups in total. The zero-order valence-corrected chi connectivity index (χ0v) is 62.0. The van der Waals surface area contributed by atoms with Gasteiger partial charge < -0.3 is 62.2 Å². The molecule has 0 radical (unpaired) electrons. The van der Waals surface area contributed by atoms with Crippen LogP contribution in [0.5, 0.6) is 40.2 Å². The van der Waals surface area contributed by atoms with Gasteiger partial charge in [-0.25, -0.2) is 14.4 Å². The zero-order valence-electron chi connectivity index (χ0n) is 62.0. The van der Waals surface area contributed by atoms with Gasteiger partial charge in [-0.3, -0.25) is 39.2 Å². The molecule has 4 heterocycles. The first kappa shape index (κ1) is 78.1. The third kappa shape index (κ3) is 24.0. The largest absolute Gasteiger partial charge is 0.496 e. The monoisotopic (exact) mass is 1380 g/mol. The van der Waals surface area contributed by atoms with Crippen molar-refractivity contribution in [3.05, 3.63) is 118 Å². The van der Waals surface area contributed by atoms with Crippen LogP contribution in [0.3, 0.4) is 0 Å². The molecule has 0 unspecified atom stereocenters. The van der Waals surface area contributed by atoms with Crippen molar-refractivity contribution >= 4 is 30.0 Å². The number of ether oxygens (including phenoxy) is 12. The summed E-state index contributed by atoms with van der Waals surface area (Å²) in [5.74, 6) is 0.917. The van der Waals surface area contributed by atoms with Crippen molar-refractivity contribution in [2.45, 2.75) is 159 Å². The molecule has 0 fully saturated rings. The Hall–Kier alpha value is -9.26. The first-order valence-corrected chi connectivity index (χ1v) is 33.3. The number of esters is 4. The van der Waals surface area contributed by atoms with Crippen molar-refractivity contribution in [1.82, 2.24) is 35.0 Å². The Kier molecular flexibility index (Phi) is 26.7. The van der Waals surface area contributed by atoms with Crippen LogP contribution in [-0.4, -0.2) is 165 Å². The van der Waals surface area contributed by atoms with Crippen LogP contribution in [0, 0.1) is 19.3 Å². The highest BCUT2D eigenvalue weighted by molar-refractivity contribution is 5.81. The lowest BCUT2D eigenvalue weighted by Crippen LogP contribution is -2.36. The van der Waals surface area contributed by atoms with Crippen molar-refractivity contribution in [2.75, 3.05) is 88.7 Å². The summed E-state index contributed by atoms with van der Waals surface area (Å²) in [6.07, 6.45) is -0.0145. The second kappa shape index (κ2) is 34.2. The fourth-order valence-corrected chi connectivity index (χ4v) is 11.6. The highest BCUT2D eigenvalue weighted by atomic mass is 16.6. The van der Waals surface area contributed by atoms with Crippen molar-refractivity contribution < 1.29 is 80.8 Å². The molecule has 0 saturated carbocycles. The van der Waals surface area contributed by atoms with E-state index in [-0.39, 0.29) is 64.5 Å². The number of carbonyl (C=O) groups excluding carboxylic acids is 5. The number of alkyl carbamates (subject to hydrolysis) is 1. The SMILES string of the molecule is COC(=O)COc1cc(C)c(-c2cc3nc(c2)CN(CC(C)(C)C)Cc2cc(-c4c(OC)cc(OCC(=O)OC)cc4OC)cc(n2)CN(CC(=O)OC(C)(C)C)Cc2cc(-c4c(C)cc(OCCCNC(=O)OC(C)(C)C)cc4OC)cc(n2)CN(CC(=O)OC(C)(C)C)C3)c(OC)c1. The van der Waals surface area contributed by atoms with Gasteiger partial charge in [0.2, 0.25) is 0 Å². The Balaban J connectivity index is 1.50. The highest BCUT2D eigenvalue weighted by Gasteiger charge is 2.29. The zero-order chi connectivity index (χ0) is 73.4. The van der Waals surface area contributed by atoms with Gasteiger partial charge in [-0.2, -0.15) is 0 Å². The molecule has 24 nitrogen and oxygen atoms in total. The van der Waals surface area contributed by atoms with E-state index in [0.29, 0.717) is 118 Å². The molecule has 1 amide bonds. The van der Waals surface area contributed by atoms with Gasteiger partial charge in [0.25, 0.3) is 0 Å². The van der Waals surface area contributed by atoms with Gasteiger partial charge in [0.05, 0.1) is 102 Å². The van der Waals surface area contributed by atoms with E-state index >= 15 is 0 Å². The predicted molar refractivity (Wildman–Crippen MR) is 378 cm³/mol. The normalized spacial score (nSPS) is 13.6. The molecule has 542 valence electrons. The van der Waals surface area contributed by atoms with Crippen molar-refractivity contribution in [1.29, 1.82) is 0 Å². The Morgan fingerprint density at radius 2 is 0.730 bits per heavy atom. The van der Waals surface area contributed by atoms with Gasteiger partial charge in [0.15, 0.2) is 13.2 Å². The molecule has 0 spiro atoms. The van der Waals surface area contributed by atoms with Gasteiger partial charge in [-0.05, 0) is 164 Å². The van der Waals surface area contributed by atoms with Crippen LogP contribution in [0.1, 0.15) is 135 Å². The van der Waals surface area contributed by atoms with E-state index < -0.39 is 46.8 Å². The number of rotatable bonds is 23. The summed E-state index contributed by atoms with van der Waals surface area (Å²) < 4.78 is 69.8. The van der Waals surface area contributed by atoms with E-state index in [1.807, 2.05) is 120 Å². The standard InChI is InChI=1S/C76H101N7O17/c1-47-24-58(95-23-21-22-77-72(88)100-76(12,13)14)32-61(89-15)69(47)49-26-52-36-81(42-65(84)98-74(6,7)8)38-54-28-50(70-48(2)25-59(33-62(70)90-16)96-44-67(86)93-19)29-56(79-54)40-83(46-73(3,4)5)41-57-31-51(71-63(91-17)34-60(35-64(71)92-18)97-45-68(87)94-20)30-55(80-57)39-82(37-53(27-49)78-52)43-66(85)99-75(9,10)11/h24-35H,21-23,36-46H2,1-20H3,(H,77,88). The van der Waals surface area contributed by atoms with E-state index in [1.54, 1.807) is 53.2 Å². The summed E-state index contributed by atoms with van der Waals surface area (Å²) >= 11 is 0. The fourth-order valence-electron chi connectivity index (χ4n) is 11.6. The van der Waals surface area contributed by atoms with Gasteiger partial charge in [-0.15, -0.1) is 0 Å². The third-order valence-electron chi connectivity index (χ3n) is 15.1. The molecule has 3 aromatic heterocycles. The molecule has 100 heavy (non-hydrogen) atoms. The van der Waals surface area contributed by atoms with Gasteiger partial charge >= 0.3 is 30.0 Å². The van der Waals surface area contributed by atoms with Crippen molar-refractivity contribution in [3.8, 4) is 73.6 Å². The maximum Gasteiger partial charge on any atom is 0.407 e. The Morgan fingerprint density at radius 1 is 0.410 bits per heavy atom. The number of fused-ring (bicyclic) bond motifs is 6. The molecule has 3 aromatic carbocycles. The minimum atomic E-state index is -0.829. The summed E-state index contributed by atoms with van der Waals surface area (Å²) in [5, 5.41) is 2.78. The number of pyridine rings is 3. The maximum absolute atomic E-state index is 14.4. The molecular formula is C76H101N7O17. The lowest BCUT2D eigenvalue weighted by molar-refractivity contribution is -0.157. The number of nitrogens with zero attached hydrogens (tertiary/aromatic N) is 6. The molecule has 6 bridgehead atoms.